The predicted molar refractivity (Wildman–Crippen MR) is 114 cm³/mol. The first-order valence-corrected chi connectivity index (χ1v) is 10.5. The van der Waals surface area contributed by atoms with Crippen molar-refractivity contribution in [2.45, 2.75) is 25.9 Å². The number of halogens is 1. The molecule has 1 saturated heterocycles. The van der Waals surface area contributed by atoms with Crippen LogP contribution in [0.4, 0.5) is 0 Å². The van der Waals surface area contributed by atoms with Gasteiger partial charge in [0.2, 0.25) is 5.90 Å². The fraction of sp³-hybridized carbons (Fsp3) is 0.409. The Morgan fingerprint density at radius 2 is 1.97 bits per heavy atom. The van der Waals surface area contributed by atoms with Gasteiger partial charge in [0.25, 0.3) is 0 Å². The van der Waals surface area contributed by atoms with Crippen LogP contribution in [0.5, 0.6) is 5.75 Å². The molecule has 2 fully saturated rings. The number of piperidine rings is 1. The fourth-order valence-electron chi connectivity index (χ4n) is 4.13. The maximum atomic E-state index is 6.22. The van der Waals surface area contributed by atoms with Gasteiger partial charge in [0, 0.05) is 37.8 Å². The fourth-order valence-corrected chi connectivity index (χ4v) is 4.41. The molecule has 3 unspecified atom stereocenters. The highest BCUT2D eigenvalue weighted by atomic mass is 35.5. The number of benzene rings is 1. The number of hydrogen-bond donors (Lipinski definition) is 0. The molecular weight excluding hydrogens is 402 g/mol. The molecule has 3 atom stereocenters. The number of hydrogen-bond acceptors (Lipinski definition) is 7. The normalized spacial score (nSPS) is 25.1. The quantitative estimate of drug-likeness (QED) is 0.707. The minimum atomic E-state index is -0.0962. The molecule has 2 aliphatic heterocycles. The summed E-state index contributed by atoms with van der Waals surface area (Å²) in [5.41, 5.74) is 0.969. The molecule has 0 spiro atoms. The molecule has 2 aromatic rings. The number of rotatable bonds is 6. The van der Waals surface area contributed by atoms with Crippen LogP contribution in [0.25, 0.3) is 0 Å². The van der Waals surface area contributed by atoms with Crippen LogP contribution in [0.15, 0.2) is 53.9 Å². The van der Waals surface area contributed by atoms with Crippen molar-refractivity contribution < 1.29 is 9.47 Å². The van der Waals surface area contributed by atoms with Gasteiger partial charge in [0.05, 0.1) is 18.7 Å². The molecule has 1 aromatic carbocycles. The summed E-state index contributed by atoms with van der Waals surface area (Å²) in [6, 6.07) is 7.48. The molecule has 1 saturated carbocycles. The lowest BCUT2D eigenvalue weighted by atomic mass is 10.2. The van der Waals surface area contributed by atoms with Gasteiger partial charge in [-0.1, -0.05) is 17.7 Å². The van der Waals surface area contributed by atoms with Gasteiger partial charge in [0.1, 0.15) is 18.2 Å². The summed E-state index contributed by atoms with van der Waals surface area (Å²) in [6.45, 7) is 3.17. The van der Waals surface area contributed by atoms with Crippen LogP contribution in [0, 0.1) is 11.8 Å². The number of likely N-dealkylation sites (tertiary alicyclic amines) is 1. The Morgan fingerprint density at radius 3 is 2.70 bits per heavy atom. The summed E-state index contributed by atoms with van der Waals surface area (Å²) < 4.78 is 11.2. The number of ether oxygens (including phenoxy) is 2. The molecule has 8 heteroatoms. The highest BCUT2D eigenvalue weighted by Gasteiger charge is 2.48. The van der Waals surface area contributed by atoms with E-state index >= 15 is 0 Å². The average Bonchev–Trinajstić information content (AvgIpc) is 3.38. The van der Waals surface area contributed by atoms with Gasteiger partial charge in [-0.15, -0.1) is 0 Å². The van der Waals surface area contributed by atoms with E-state index in [1.807, 2.05) is 36.5 Å². The Bertz CT molecular complexity index is 957. The maximum Gasteiger partial charge on any atom is 0.213 e. The van der Waals surface area contributed by atoms with Gasteiger partial charge >= 0.3 is 0 Å². The van der Waals surface area contributed by atoms with Crippen molar-refractivity contribution in [3.8, 4) is 5.75 Å². The first-order valence-electron chi connectivity index (χ1n) is 10.2. The molecule has 1 aliphatic carbocycles. The zero-order chi connectivity index (χ0) is 20.5. The molecule has 0 bridgehead atoms. The van der Waals surface area contributed by atoms with Gasteiger partial charge in [-0.2, -0.15) is 0 Å². The Labute approximate surface area is 181 Å². The van der Waals surface area contributed by atoms with Crippen LogP contribution >= 0.6 is 11.6 Å². The number of methoxy groups -OCH3 is 1. The molecule has 3 heterocycles. The van der Waals surface area contributed by atoms with E-state index < -0.39 is 0 Å². The molecule has 5 rings (SSSR count). The maximum absolute atomic E-state index is 6.22. The van der Waals surface area contributed by atoms with Crippen molar-refractivity contribution in [3.63, 3.8) is 0 Å². The summed E-state index contributed by atoms with van der Waals surface area (Å²) in [4.78, 5) is 18.3. The number of nitrogens with zero attached hydrogens (tertiary/aromatic N) is 5. The molecule has 1 aromatic heterocycles. The van der Waals surface area contributed by atoms with E-state index in [1.165, 1.54) is 6.42 Å². The molecule has 156 valence electrons. The number of aromatic nitrogens is 2. The summed E-state index contributed by atoms with van der Waals surface area (Å²) >= 11 is 6.22. The smallest absolute Gasteiger partial charge is 0.213 e. The molecule has 7 nitrogen and oxygen atoms in total. The van der Waals surface area contributed by atoms with E-state index in [4.69, 9.17) is 26.1 Å². The molecule has 3 aliphatic rings. The highest BCUT2D eigenvalue weighted by Crippen LogP contribution is 2.46. The zero-order valence-corrected chi connectivity index (χ0v) is 17.6. The topological polar surface area (TPSA) is 63.1 Å². The number of aliphatic imine (C=N–C) groups is 1. The van der Waals surface area contributed by atoms with Crippen LogP contribution in [-0.2, 0) is 17.9 Å². The number of fused-ring (bicyclic) bond motifs is 1. The van der Waals surface area contributed by atoms with Crippen molar-refractivity contribution in [1.82, 2.24) is 19.8 Å². The predicted octanol–water partition coefficient (Wildman–Crippen LogP) is 3.32. The lowest BCUT2D eigenvalue weighted by Gasteiger charge is -2.36. The van der Waals surface area contributed by atoms with Gasteiger partial charge in [-0.25, -0.2) is 15.0 Å². The van der Waals surface area contributed by atoms with Crippen molar-refractivity contribution in [2.24, 2.45) is 16.8 Å². The van der Waals surface area contributed by atoms with E-state index in [9.17, 15) is 0 Å². The summed E-state index contributed by atoms with van der Waals surface area (Å²) in [5.74, 6) is 3.71. The second-order valence-corrected chi connectivity index (χ2v) is 8.34. The van der Waals surface area contributed by atoms with Gasteiger partial charge in [-0.05, 0) is 42.0 Å². The van der Waals surface area contributed by atoms with Crippen molar-refractivity contribution in [2.75, 3.05) is 20.2 Å². The lowest BCUT2D eigenvalue weighted by Crippen LogP contribution is -2.46. The van der Waals surface area contributed by atoms with E-state index in [0.717, 1.165) is 36.3 Å². The minimum absolute atomic E-state index is 0.0962. The van der Waals surface area contributed by atoms with Crippen LogP contribution in [0.3, 0.4) is 0 Å². The van der Waals surface area contributed by atoms with E-state index in [1.54, 1.807) is 19.5 Å². The van der Waals surface area contributed by atoms with Crippen molar-refractivity contribution in [1.29, 1.82) is 0 Å². The third kappa shape index (κ3) is 4.13. The highest BCUT2D eigenvalue weighted by molar-refractivity contribution is 6.32. The molecule has 0 radical (unpaired) electrons. The Balaban J connectivity index is 1.29. The Kier molecular flexibility index (Phi) is 5.31. The monoisotopic (exact) mass is 425 g/mol. The van der Waals surface area contributed by atoms with Gasteiger partial charge in [-0.3, -0.25) is 4.90 Å². The van der Waals surface area contributed by atoms with Crippen LogP contribution in [0.2, 0.25) is 5.02 Å². The van der Waals surface area contributed by atoms with Crippen molar-refractivity contribution >= 4 is 17.5 Å². The van der Waals surface area contributed by atoms with E-state index in [2.05, 4.69) is 19.8 Å². The third-order valence-electron chi connectivity index (χ3n) is 5.83. The van der Waals surface area contributed by atoms with Gasteiger partial charge in [0.15, 0.2) is 6.29 Å². The first-order chi connectivity index (χ1) is 14.7. The lowest BCUT2D eigenvalue weighted by molar-refractivity contribution is 0.0811. The second-order valence-electron chi connectivity index (χ2n) is 7.93. The van der Waals surface area contributed by atoms with Crippen LogP contribution < -0.4 is 4.74 Å². The minimum Gasteiger partial charge on any atom is -0.495 e. The van der Waals surface area contributed by atoms with Crippen molar-refractivity contribution in [3.05, 3.63) is 65.3 Å². The van der Waals surface area contributed by atoms with E-state index in [-0.39, 0.29) is 6.29 Å². The SMILES string of the molecule is COc1ccc(COC2=NC(N3CC4CC4C3)N(Cc3ncccn3)C=C2)cc1Cl. The standard InChI is InChI=1S/C22H24ClN5O2/c1-29-19-4-3-15(9-18(19)23)14-30-21-5-8-27(13-20-24-6-2-7-25-20)22(26-21)28-11-16-10-17(16)12-28/h2-9,16-17,22H,10-14H2,1H3. The molecular formula is C22H24ClN5O2. The molecule has 0 amide bonds. The Morgan fingerprint density at radius 1 is 1.17 bits per heavy atom. The second kappa shape index (κ2) is 8.24. The summed E-state index contributed by atoms with van der Waals surface area (Å²) in [6.07, 6.45) is 8.74. The Hall–Kier alpha value is -2.64. The molecule has 30 heavy (non-hydrogen) atoms. The van der Waals surface area contributed by atoms with Crippen LogP contribution in [0.1, 0.15) is 17.8 Å². The third-order valence-corrected chi connectivity index (χ3v) is 6.12. The first kappa shape index (κ1) is 19.3. The molecule has 0 N–H and O–H groups in total. The van der Waals surface area contributed by atoms with Crippen LogP contribution in [-0.4, -0.2) is 52.2 Å². The largest absolute Gasteiger partial charge is 0.495 e. The summed E-state index contributed by atoms with van der Waals surface area (Å²) in [5, 5.41) is 0.572. The average molecular weight is 426 g/mol. The zero-order valence-electron chi connectivity index (χ0n) is 16.8. The van der Waals surface area contributed by atoms with Gasteiger partial charge < -0.3 is 14.4 Å². The van der Waals surface area contributed by atoms with E-state index in [0.29, 0.717) is 29.8 Å². The summed E-state index contributed by atoms with van der Waals surface area (Å²) in [7, 11) is 1.60.